The Morgan fingerprint density at radius 2 is 2.09 bits per heavy atom. The first-order valence-electron chi connectivity index (χ1n) is 2.98. The largest absolute Gasteiger partial charge is 0.374 e. The number of primary amides is 1. The number of nitrogens with one attached hydrogen (secondary N) is 1. The van der Waals surface area contributed by atoms with Crippen LogP contribution in [0.4, 0.5) is 0 Å². The highest BCUT2D eigenvalue weighted by Gasteiger charge is 1.98. The quantitative estimate of drug-likeness (QED) is 0.344. The summed E-state index contributed by atoms with van der Waals surface area (Å²) in [5.41, 5.74) is 4.70. The van der Waals surface area contributed by atoms with E-state index in [2.05, 4.69) is 5.32 Å². The van der Waals surface area contributed by atoms with Gasteiger partial charge < -0.3 is 16.2 Å². The lowest BCUT2D eigenvalue weighted by atomic mass is 10.4. The molecule has 0 bridgehead atoms. The summed E-state index contributed by atoms with van der Waals surface area (Å²) in [6.07, 6.45) is 0.937. The minimum atomic E-state index is -0.931. The van der Waals surface area contributed by atoms with E-state index in [1.807, 2.05) is 0 Å². The molecule has 0 fully saturated rings. The maximum Gasteiger partial charge on any atom is 0.246 e. The molecule has 0 saturated heterocycles. The Morgan fingerprint density at radius 3 is 2.45 bits per heavy atom. The van der Waals surface area contributed by atoms with Gasteiger partial charge in [-0.05, 0) is 6.92 Å². The highest BCUT2D eigenvalue weighted by molar-refractivity contribution is 5.95. The zero-order valence-corrected chi connectivity index (χ0v) is 6.07. The summed E-state index contributed by atoms with van der Waals surface area (Å²) in [5.74, 6) is -1.26. The van der Waals surface area contributed by atoms with Gasteiger partial charge >= 0.3 is 0 Å². The highest BCUT2D eigenvalue weighted by Crippen LogP contribution is 1.75. The third kappa shape index (κ3) is 6.53. The molecule has 62 valence electrons. The number of nitrogens with two attached hydrogens (primary N) is 1. The van der Waals surface area contributed by atoms with Crippen LogP contribution in [-0.2, 0) is 9.59 Å². The fourth-order valence-corrected chi connectivity index (χ4v) is 0.412. The molecular weight excluding hydrogens is 148 g/mol. The molecule has 0 aliphatic heterocycles. The van der Waals surface area contributed by atoms with Crippen molar-refractivity contribution in [2.45, 2.75) is 13.2 Å². The second kappa shape index (κ2) is 4.45. The molecule has 5 nitrogen and oxygen atoms in total. The third-order valence-electron chi connectivity index (χ3n) is 0.750. The van der Waals surface area contributed by atoms with Gasteiger partial charge in [0, 0.05) is 12.2 Å². The number of rotatable bonds is 3. The molecular formula is C6H10N2O3. The number of aliphatic hydroxyl groups excluding tert-OH is 1. The molecule has 0 saturated carbocycles. The van der Waals surface area contributed by atoms with Gasteiger partial charge in [-0.2, -0.15) is 0 Å². The van der Waals surface area contributed by atoms with Crippen molar-refractivity contribution in [1.82, 2.24) is 5.32 Å². The third-order valence-corrected chi connectivity index (χ3v) is 0.750. The van der Waals surface area contributed by atoms with E-state index in [4.69, 9.17) is 10.8 Å². The average molecular weight is 158 g/mol. The van der Waals surface area contributed by atoms with Crippen LogP contribution < -0.4 is 11.1 Å². The summed E-state index contributed by atoms with van der Waals surface area (Å²) in [7, 11) is 0. The zero-order chi connectivity index (χ0) is 8.85. The first kappa shape index (κ1) is 9.64. The van der Waals surface area contributed by atoms with Gasteiger partial charge in [0.15, 0.2) is 0 Å². The van der Waals surface area contributed by atoms with Crippen molar-refractivity contribution < 1.29 is 14.7 Å². The Hall–Kier alpha value is -1.36. The van der Waals surface area contributed by atoms with Gasteiger partial charge in [0.2, 0.25) is 11.8 Å². The molecule has 0 aliphatic carbocycles. The van der Waals surface area contributed by atoms with E-state index < -0.39 is 18.0 Å². The average Bonchev–Trinajstić information content (AvgIpc) is 1.82. The summed E-state index contributed by atoms with van der Waals surface area (Å²) in [4.78, 5) is 20.7. The number of carbonyl (C=O) groups excluding carboxylic acids is 2. The summed E-state index contributed by atoms with van der Waals surface area (Å²) < 4.78 is 0. The van der Waals surface area contributed by atoms with Crippen LogP contribution in [0.2, 0.25) is 0 Å². The monoisotopic (exact) mass is 158 g/mol. The topological polar surface area (TPSA) is 92.4 Å². The van der Waals surface area contributed by atoms with Crippen molar-refractivity contribution in [3.05, 3.63) is 12.2 Å². The number of amides is 2. The van der Waals surface area contributed by atoms with Crippen LogP contribution in [0, 0.1) is 0 Å². The van der Waals surface area contributed by atoms with Crippen LogP contribution in [0.5, 0.6) is 0 Å². The number of carbonyl (C=O) groups is 2. The SMILES string of the molecule is CC(O)NC(=O)/C=C\C(N)=O. The molecule has 2 amide bonds. The minimum Gasteiger partial charge on any atom is -0.374 e. The minimum absolute atomic E-state index is 0.557. The smallest absolute Gasteiger partial charge is 0.246 e. The van der Waals surface area contributed by atoms with Crippen molar-refractivity contribution in [3.8, 4) is 0 Å². The lowest BCUT2D eigenvalue weighted by Gasteiger charge is -2.02. The number of aliphatic hydroxyl groups is 1. The molecule has 0 radical (unpaired) electrons. The number of hydrogen-bond donors (Lipinski definition) is 3. The Kier molecular flexibility index (Phi) is 3.90. The van der Waals surface area contributed by atoms with E-state index >= 15 is 0 Å². The highest BCUT2D eigenvalue weighted by atomic mass is 16.3. The van der Waals surface area contributed by atoms with E-state index in [0.717, 1.165) is 12.2 Å². The van der Waals surface area contributed by atoms with Crippen molar-refractivity contribution in [3.63, 3.8) is 0 Å². The van der Waals surface area contributed by atoms with Gasteiger partial charge in [0.25, 0.3) is 0 Å². The first-order valence-corrected chi connectivity index (χ1v) is 2.98. The van der Waals surface area contributed by atoms with Crippen molar-refractivity contribution in [1.29, 1.82) is 0 Å². The molecule has 0 spiro atoms. The lowest BCUT2D eigenvalue weighted by Crippen LogP contribution is -2.30. The van der Waals surface area contributed by atoms with Gasteiger partial charge in [-0.1, -0.05) is 0 Å². The molecule has 11 heavy (non-hydrogen) atoms. The van der Waals surface area contributed by atoms with Crippen molar-refractivity contribution >= 4 is 11.8 Å². The van der Waals surface area contributed by atoms with Crippen LogP contribution >= 0.6 is 0 Å². The second-order valence-electron chi connectivity index (χ2n) is 1.92. The zero-order valence-electron chi connectivity index (χ0n) is 6.07. The van der Waals surface area contributed by atoms with Gasteiger partial charge in [-0.15, -0.1) is 0 Å². The van der Waals surface area contributed by atoms with E-state index in [9.17, 15) is 9.59 Å². The number of hydrogen-bond acceptors (Lipinski definition) is 3. The van der Waals surface area contributed by atoms with Crippen LogP contribution in [-0.4, -0.2) is 23.1 Å². The molecule has 1 atom stereocenters. The molecule has 0 aromatic rings. The molecule has 5 heteroatoms. The molecule has 0 heterocycles. The van der Waals surface area contributed by atoms with Crippen LogP contribution in [0.25, 0.3) is 0 Å². The van der Waals surface area contributed by atoms with E-state index in [0.29, 0.717) is 0 Å². The van der Waals surface area contributed by atoms with Gasteiger partial charge in [0.05, 0.1) is 0 Å². The van der Waals surface area contributed by atoms with Crippen LogP contribution in [0.3, 0.4) is 0 Å². The summed E-state index contributed by atoms with van der Waals surface area (Å²) in [6.45, 7) is 1.38. The molecule has 0 aromatic carbocycles. The molecule has 0 rings (SSSR count). The van der Waals surface area contributed by atoms with E-state index in [1.54, 1.807) is 0 Å². The van der Waals surface area contributed by atoms with E-state index in [-0.39, 0.29) is 0 Å². The maximum absolute atomic E-state index is 10.6. The lowest BCUT2D eigenvalue weighted by molar-refractivity contribution is -0.119. The first-order chi connectivity index (χ1) is 5.02. The summed E-state index contributed by atoms with van der Waals surface area (Å²) >= 11 is 0. The molecule has 4 N–H and O–H groups in total. The summed E-state index contributed by atoms with van der Waals surface area (Å²) in [5, 5.41) is 10.7. The van der Waals surface area contributed by atoms with Crippen molar-refractivity contribution in [2.75, 3.05) is 0 Å². The van der Waals surface area contributed by atoms with Crippen LogP contribution in [0.15, 0.2) is 12.2 Å². The van der Waals surface area contributed by atoms with Gasteiger partial charge in [-0.3, -0.25) is 9.59 Å². The molecule has 1 unspecified atom stereocenters. The van der Waals surface area contributed by atoms with Gasteiger partial charge in [0.1, 0.15) is 6.23 Å². The Balaban J connectivity index is 3.78. The standard InChI is InChI=1S/C6H10N2O3/c1-4(9)8-6(11)3-2-5(7)10/h2-4,9H,1H3,(H2,7,10)(H,8,11)/b3-2-. The Bertz CT molecular complexity index is 186. The maximum atomic E-state index is 10.6. The predicted molar refractivity (Wildman–Crippen MR) is 38.2 cm³/mol. The molecule has 0 aliphatic rings. The van der Waals surface area contributed by atoms with Crippen molar-refractivity contribution in [2.24, 2.45) is 5.73 Å². The molecule has 0 aromatic heterocycles. The fourth-order valence-electron chi connectivity index (χ4n) is 0.412. The normalized spacial score (nSPS) is 12.9. The summed E-state index contributed by atoms with van der Waals surface area (Å²) in [6, 6.07) is 0. The van der Waals surface area contributed by atoms with Crippen LogP contribution in [0.1, 0.15) is 6.92 Å². The van der Waals surface area contributed by atoms with E-state index in [1.165, 1.54) is 6.92 Å². The fraction of sp³-hybridized carbons (Fsp3) is 0.333. The Morgan fingerprint density at radius 1 is 1.55 bits per heavy atom. The Labute approximate surface area is 63.9 Å². The second-order valence-corrected chi connectivity index (χ2v) is 1.92. The van der Waals surface area contributed by atoms with Gasteiger partial charge in [-0.25, -0.2) is 0 Å². The predicted octanol–water partition coefficient (Wildman–Crippen LogP) is -1.52.